The quantitative estimate of drug-likeness (QED) is 0.555. The number of carboxylic acids is 1. The number of imide groups is 1. The summed E-state index contributed by atoms with van der Waals surface area (Å²) < 4.78 is 10.2. The summed E-state index contributed by atoms with van der Waals surface area (Å²) in [4.78, 5) is 48.4. The Morgan fingerprint density at radius 1 is 1.28 bits per heavy atom. The molecule has 1 saturated heterocycles. The fourth-order valence-corrected chi connectivity index (χ4v) is 3.74. The maximum Gasteiger partial charge on any atom is 0.335 e. The first-order valence-electron chi connectivity index (χ1n) is 8.21. The van der Waals surface area contributed by atoms with Crippen LogP contribution in [0.1, 0.15) is 23.0 Å². The Balaban J connectivity index is 1.89. The fourth-order valence-electron chi connectivity index (χ4n) is 2.64. The Labute approximate surface area is 174 Å². The molecule has 3 rings (SSSR count). The van der Waals surface area contributed by atoms with Gasteiger partial charge in [0.1, 0.15) is 17.6 Å². The van der Waals surface area contributed by atoms with E-state index in [-0.39, 0.29) is 16.2 Å². The lowest BCUT2D eigenvalue weighted by Crippen LogP contribution is -2.42. The van der Waals surface area contributed by atoms with Crippen molar-refractivity contribution in [3.63, 3.8) is 0 Å². The highest BCUT2D eigenvalue weighted by atomic mass is 35.5. The summed E-state index contributed by atoms with van der Waals surface area (Å²) in [5.74, 6) is -1.90. The zero-order valence-electron chi connectivity index (χ0n) is 15.2. The van der Waals surface area contributed by atoms with Crippen molar-refractivity contribution in [3.05, 3.63) is 51.6 Å². The molecule has 1 fully saturated rings. The summed E-state index contributed by atoms with van der Waals surface area (Å²) in [6.07, 6.45) is 1.37. The smallest absolute Gasteiger partial charge is 0.335 e. The highest BCUT2D eigenvalue weighted by molar-refractivity contribution is 8.18. The van der Waals surface area contributed by atoms with Crippen molar-refractivity contribution in [3.8, 4) is 11.3 Å². The van der Waals surface area contributed by atoms with Crippen LogP contribution in [0.5, 0.6) is 0 Å². The van der Waals surface area contributed by atoms with Gasteiger partial charge in [0.05, 0.1) is 22.6 Å². The minimum atomic E-state index is -1.11. The Morgan fingerprint density at radius 3 is 2.66 bits per heavy atom. The number of nitrogens with zero attached hydrogens (tertiary/aromatic N) is 1. The van der Waals surface area contributed by atoms with E-state index in [4.69, 9.17) is 21.1 Å². The van der Waals surface area contributed by atoms with E-state index in [1.165, 1.54) is 38.3 Å². The van der Waals surface area contributed by atoms with Crippen LogP contribution >= 0.6 is 23.4 Å². The standard InChI is InChI=1S/C19H14ClNO7S/c1-9(18(25)27-2)21-16(22)15(29-19(21)26)8-11-4-6-14(28-11)12-7-10(17(23)24)3-5-13(12)20/h3-9H,1-2H3,(H,23,24)/b15-8+. The van der Waals surface area contributed by atoms with Crippen LogP contribution in [0.3, 0.4) is 0 Å². The highest BCUT2D eigenvalue weighted by Gasteiger charge is 2.41. The third-order valence-corrected chi connectivity index (χ3v) is 5.35. The van der Waals surface area contributed by atoms with E-state index in [2.05, 4.69) is 4.74 Å². The fraction of sp³-hybridized carbons (Fsp3) is 0.158. The largest absolute Gasteiger partial charge is 0.478 e. The number of hydrogen-bond donors (Lipinski definition) is 1. The minimum Gasteiger partial charge on any atom is -0.478 e. The maximum absolute atomic E-state index is 12.5. The molecule has 1 aromatic carbocycles. The van der Waals surface area contributed by atoms with E-state index in [1.54, 1.807) is 12.1 Å². The second-order valence-corrected chi connectivity index (χ2v) is 7.35. The highest BCUT2D eigenvalue weighted by Crippen LogP contribution is 2.35. The molecule has 1 N–H and O–H groups in total. The summed E-state index contributed by atoms with van der Waals surface area (Å²) in [7, 11) is 1.17. The van der Waals surface area contributed by atoms with Gasteiger partial charge in [-0.2, -0.15) is 0 Å². The van der Waals surface area contributed by atoms with E-state index in [1.807, 2.05) is 0 Å². The first-order valence-corrected chi connectivity index (χ1v) is 9.40. The topological polar surface area (TPSA) is 114 Å². The molecule has 8 nitrogen and oxygen atoms in total. The maximum atomic E-state index is 12.5. The molecular weight excluding hydrogens is 422 g/mol. The average molecular weight is 436 g/mol. The van der Waals surface area contributed by atoms with Crippen molar-refractivity contribution in [2.45, 2.75) is 13.0 Å². The van der Waals surface area contributed by atoms with Gasteiger partial charge in [0.15, 0.2) is 0 Å². The van der Waals surface area contributed by atoms with Crippen LogP contribution in [0.15, 0.2) is 39.7 Å². The van der Waals surface area contributed by atoms with E-state index >= 15 is 0 Å². The Bertz CT molecular complexity index is 1060. The van der Waals surface area contributed by atoms with Gasteiger partial charge in [0.25, 0.3) is 11.1 Å². The molecule has 2 amide bonds. The Kier molecular flexibility index (Phi) is 5.81. The van der Waals surface area contributed by atoms with Crippen molar-refractivity contribution < 1.29 is 33.4 Å². The molecular formula is C19H14ClNO7S. The average Bonchev–Trinajstić information content (AvgIpc) is 3.25. The Hall–Kier alpha value is -3.04. The number of rotatable bonds is 5. The number of esters is 1. The number of halogens is 1. The number of furan rings is 1. The zero-order chi connectivity index (χ0) is 21.3. The molecule has 1 unspecified atom stereocenters. The molecule has 0 radical (unpaired) electrons. The molecule has 0 aliphatic carbocycles. The van der Waals surface area contributed by atoms with E-state index in [0.717, 1.165) is 4.90 Å². The van der Waals surface area contributed by atoms with Crippen LogP contribution in [0, 0.1) is 0 Å². The predicted molar refractivity (Wildman–Crippen MR) is 105 cm³/mol. The number of benzene rings is 1. The van der Waals surface area contributed by atoms with Crippen molar-refractivity contribution >= 4 is 52.5 Å². The summed E-state index contributed by atoms with van der Waals surface area (Å²) in [6.45, 7) is 1.40. The van der Waals surface area contributed by atoms with E-state index in [0.29, 0.717) is 28.1 Å². The molecule has 2 aromatic rings. The molecule has 150 valence electrons. The summed E-state index contributed by atoms with van der Waals surface area (Å²) in [6, 6.07) is 6.26. The summed E-state index contributed by atoms with van der Waals surface area (Å²) in [5, 5.41) is 8.83. The molecule has 1 aromatic heterocycles. The van der Waals surface area contributed by atoms with Crippen LogP contribution in [0.25, 0.3) is 17.4 Å². The van der Waals surface area contributed by atoms with Crippen molar-refractivity contribution in [2.24, 2.45) is 0 Å². The molecule has 2 heterocycles. The monoisotopic (exact) mass is 435 g/mol. The number of ether oxygens (including phenoxy) is 1. The number of methoxy groups -OCH3 is 1. The number of carboxylic acid groups (broad SMARTS) is 1. The second kappa shape index (κ2) is 8.14. The van der Waals surface area contributed by atoms with E-state index < -0.39 is 29.1 Å². The molecule has 10 heteroatoms. The van der Waals surface area contributed by atoms with Crippen LogP contribution in [-0.4, -0.2) is 46.2 Å². The van der Waals surface area contributed by atoms with Crippen molar-refractivity contribution in [2.75, 3.05) is 7.11 Å². The number of carbonyl (C=O) groups excluding carboxylic acids is 3. The molecule has 29 heavy (non-hydrogen) atoms. The lowest BCUT2D eigenvalue weighted by atomic mass is 10.1. The van der Waals surface area contributed by atoms with Crippen LogP contribution in [0.2, 0.25) is 5.02 Å². The minimum absolute atomic E-state index is 0.0419. The summed E-state index contributed by atoms with van der Waals surface area (Å²) in [5.41, 5.74) is 0.416. The van der Waals surface area contributed by atoms with Gasteiger partial charge < -0.3 is 14.3 Å². The summed E-state index contributed by atoms with van der Waals surface area (Å²) >= 11 is 6.81. The second-order valence-electron chi connectivity index (χ2n) is 5.95. The Morgan fingerprint density at radius 2 is 2.00 bits per heavy atom. The number of amides is 2. The zero-order valence-corrected chi connectivity index (χ0v) is 16.7. The van der Waals surface area contributed by atoms with Crippen LogP contribution < -0.4 is 0 Å². The van der Waals surface area contributed by atoms with Crippen LogP contribution in [0.4, 0.5) is 4.79 Å². The molecule has 0 spiro atoms. The first kappa shape index (κ1) is 20.7. The first-order chi connectivity index (χ1) is 13.7. The predicted octanol–water partition coefficient (Wildman–Crippen LogP) is 3.90. The van der Waals surface area contributed by atoms with Crippen molar-refractivity contribution in [1.29, 1.82) is 0 Å². The third kappa shape index (κ3) is 4.06. The van der Waals surface area contributed by atoms with Gasteiger partial charge >= 0.3 is 11.9 Å². The number of aromatic carboxylic acids is 1. The molecule has 1 aliphatic heterocycles. The molecule has 0 bridgehead atoms. The number of carbonyl (C=O) groups is 4. The van der Waals surface area contributed by atoms with Gasteiger partial charge in [0.2, 0.25) is 0 Å². The lowest BCUT2D eigenvalue weighted by Gasteiger charge is -2.18. The SMILES string of the molecule is COC(=O)C(C)N1C(=O)S/C(=C/c2ccc(-c3cc(C(=O)O)ccc3Cl)o2)C1=O. The van der Waals surface area contributed by atoms with Gasteiger partial charge in [0, 0.05) is 11.6 Å². The number of hydrogen-bond acceptors (Lipinski definition) is 7. The van der Waals surface area contributed by atoms with Crippen molar-refractivity contribution in [1.82, 2.24) is 4.90 Å². The lowest BCUT2D eigenvalue weighted by molar-refractivity contribution is -0.148. The third-order valence-electron chi connectivity index (χ3n) is 4.13. The molecule has 1 atom stereocenters. The van der Waals surface area contributed by atoms with Crippen LogP contribution in [-0.2, 0) is 14.3 Å². The van der Waals surface area contributed by atoms with Gasteiger partial charge in [-0.25, -0.2) is 9.59 Å². The normalized spacial score (nSPS) is 16.4. The molecule has 0 saturated carbocycles. The molecule has 1 aliphatic rings. The van der Waals surface area contributed by atoms with Gasteiger partial charge in [-0.3, -0.25) is 14.5 Å². The van der Waals surface area contributed by atoms with Gasteiger partial charge in [-0.05, 0) is 49.0 Å². The van der Waals surface area contributed by atoms with E-state index in [9.17, 15) is 19.2 Å². The van der Waals surface area contributed by atoms with Gasteiger partial charge in [-0.15, -0.1) is 0 Å². The van der Waals surface area contributed by atoms with Gasteiger partial charge in [-0.1, -0.05) is 11.6 Å². The number of thioether (sulfide) groups is 1.